The highest BCUT2D eigenvalue weighted by Crippen LogP contribution is 2.59. The van der Waals surface area contributed by atoms with Crippen LogP contribution in [0.4, 0.5) is 0 Å². The number of nitrogens with zero attached hydrogens (tertiary/aromatic N) is 1. The molecule has 2 bridgehead atoms. The van der Waals surface area contributed by atoms with E-state index in [1.807, 2.05) is 54.6 Å². The van der Waals surface area contributed by atoms with Gasteiger partial charge in [-0.05, 0) is 42.2 Å². The van der Waals surface area contributed by atoms with Crippen molar-refractivity contribution in [2.45, 2.75) is 17.9 Å². The van der Waals surface area contributed by atoms with E-state index in [9.17, 15) is 4.79 Å². The summed E-state index contributed by atoms with van der Waals surface area (Å²) in [7, 11) is 1.65. The second-order valence-electron chi connectivity index (χ2n) is 7.14. The number of rotatable bonds is 3. The van der Waals surface area contributed by atoms with Gasteiger partial charge in [0.25, 0.3) is 0 Å². The van der Waals surface area contributed by atoms with Gasteiger partial charge in [-0.15, -0.1) is 0 Å². The number of methoxy groups -OCH3 is 1. The molecule has 26 heavy (non-hydrogen) atoms. The second kappa shape index (κ2) is 5.56. The summed E-state index contributed by atoms with van der Waals surface area (Å²) in [5, 5.41) is 0. The topological polar surface area (TPSA) is 47.9 Å². The number of ether oxygens (including phenoxy) is 2. The molecule has 0 amide bonds. The molecule has 2 aliphatic carbocycles. The summed E-state index contributed by atoms with van der Waals surface area (Å²) >= 11 is 0. The molecule has 1 saturated carbocycles. The zero-order valence-corrected chi connectivity index (χ0v) is 14.5. The summed E-state index contributed by atoms with van der Waals surface area (Å²) in [5.74, 6) is 1.42. The number of carbonyl (C=O) groups is 1. The van der Waals surface area contributed by atoms with E-state index in [0.29, 0.717) is 11.8 Å². The number of hydrogen-bond donors (Lipinski definition) is 0. The Balaban J connectivity index is 1.62. The van der Waals surface area contributed by atoms with E-state index < -0.39 is 5.54 Å². The van der Waals surface area contributed by atoms with Crippen molar-refractivity contribution in [3.63, 3.8) is 0 Å². The largest absolute Gasteiger partial charge is 0.497 e. The maximum atomic E-state index is 13.1. The summed E-state index contributed by atoms with van der Waals surface area (Å²) in [6, 6.07) is 17.6. The summed E-state index contributed by atoms with van der Waals surface area (Å²) in [5.41, 5.74) is 1.11. The Hall–Kier alpha value is -2.88. The van der Waals surface area contributed by atoms with Crippen LogP contribution in [0.15, 0.2) is 71.7 Å². The van der Waals surface area contributed by atoms with Crippen LogP contribution in [0.5, 0.6) is 5.75 Å². The second-order valence-corrected chi connectivity index (χ2v) is 7.14. The minimum absolute atomic E-state index is 0.00267. The third kappa shape index (κ3) is 2.02. The number of esters is 1. The fraction of sp³-hybridized carbons (Fsp3) is 0.273. The molecular weight excluding hydrogens is 326 g/mol. The molecule has 4 heteroatoms. The SMILES string of the molecule is COc1ccc([C@@H]2[C@H]3C=C[C@H](C3)[C@]23N=C(c2ccccc2)OC3=O)cc1. The molecule has 1 spiro atoms. The normalized spacial score (nSPS) is 31.3. The van der Waals surface area contributed by atoms with Crippen LogP contribution in [0.1, 0.15) is 23.5 Å². The molecule has 4 nitrogen and oxygen atoms in total. The first kappa shape index (κ1) is 15.4. The van der Waals surface area contributed by atoms with Gasteiger partial charge in [0.15, 0.2) is 5.54 Å². The Labute approximate surface area is 152 Å². The Morgan fingerprint density at radius 1 is 1.08 bits per heavy atom. The van der Waals surface area contributed by atoms with Crippen LogP contribution >= 0.6 is 0 Å². The smallest absolute Gasteiger partial charge is 0.342 e. The van der Waals surface area contributed by atoms with Gasteiger partial charge in [-0.3, -0.25) is 0 Å². The molecule has 2 aromatic carbocycles. The molecular formula is C22H19NO3. The molecule has 5 rings (SSSR count). The monoisotopic (exact) mass is 345 g/mol. The van der Waals surface area contributed by atoms with Crippen molar-refractivity contribution in [3.05, 3.63) is 77.9 Å². The summed E-state index contributed by atoms with van der Waals surface area (Å²) < 4.78 is 11.0. The van der Waals surface area contributed by atoms with E-state index in [1.165, 1.54) is 0 Å². The number of hydrogen-bond acceptors (Lipinski definition) is 4. The summed E-state index contributed by atoms with van der Waals surface area (Å²) in [6.07, 6.45) is 5.31. The van der Waals surface area contributed by atoms with Gasteiger partial charge in [-0.2, -0.15) is 0 Å². The van der Waals surface area contributed by atoms with Crippen molar-refractivity contribution in [1.29, 1.82) is 0 Å². The number of allylic oxidation sites excluding steroid dienone is 1. The first-order valence-corrected chi connectivity index (χ1v) is 8.92. The van der Waals surface area contributed by atoms with E-state index in [2.05, 4.69) is 12.2 Å². The van der Waals surface area contributed by atoms with Crippen LogP contribution in [0, 0.1) is 11.8 Å². The molecule has 1 fully saturated rings. The maximum absolute atomic E-state index is 13.1. The first-order valence-electron chi connectivity index (χ1n) is 8.92. The molecule has 130 valence electrons. The highest BCUT2D eigenvalue weighted by molar-refractivity contribution is 6.09. The average Bonchev–Trinajstić information content (AvgIpc) is 3.37. The van der Waals surface area contributed by atoms with E-state index in [1.54, 1.807) is 7.11 Å². The van der Waals surface area contributed by atoms with Gasteiger partial charge in [0.05, 0.1) is 7.11 Å². The Bertz CT molecular complexity index is 916. The van der Waals surface area contributed by atoms with Crippen molar-refractivity contribution >= 4 is 11.9 Å². The lowest BCUT2D eigenvalue weighted by atomic mass is 9.73. The maximum Gasteiger partial charge on any atom is 0.342 e. The Morgan fingerprint density at radius 3 is 2.58 bits per heavy atom. The molecule has 1 aliphatic heterocycles. The van der Waals surface area contributed by atoms with E-state index in [0.717, 1.165) is 23.3 Å². The third-order valence-electron chi connectivity index (χ3n) is 5.88. The van der Waals surface area contributed by atoms with Gasteiger partial charge in [-0.25, -0.2) is 9.79 Å². The number of fused-ring (bicyclic) bond motifs is 3. The van der Waals surface area contributed by atoms with Crippen LogP contribution < -0.4 is 4.74 Å². The fourth-order valence-electron chi connectivity index (χ4n) is 4.71. The van der Waals surface area contributed by atoms with Crippen molar-refractivity contribution in [2.24, 2.45) is 16.8 Å². The lowest BCUT2D eigenvalue weighted by Crippen LogP contribution is -2.44. The molecule has 0 aromatic heterocycles. The standard InChI is InChI=1S/C22H19NO3/c1-25-18-11-8-14(9-12-18)19-16-7-10-17(13-16)22(19)21(24)26-20(23-22)15-5-3-2-4-6-15/h2-12,16-17,19H,13H2,1H3/t16-,17+,19+,22-/m0/s1. The highest BCUT2D eigenvalue weighted by Gasteiger charge is 2.65. The van der Waals surface area contributed by atoms with Crippen molar-refractivity contribution in [2.75, 3.05) is 7.11 Å². The van der Waals surface area contributed by atoms with Crippen LogP contribution in [0.25, 0.3) is 0 Å². The van der Waals surface area contributed by atoms with Crippen molar-refractivity contribution < 1.29 is 14.3 Å². The van der Waals surface area contributed by atoms with E-state index in [4.69, 9.17) is 14.5 Å². The molecule has 3 aliphatic rings. The number of aliphatic imine (C=N–C) groups is 1. The highest BCUT2D eigenvalue weighted by atomic mass is 16.6. The van der Waals surface area contributed by atoms with Gasteiger partial charge < -0.3 is 9.47 Å². The van der Waals surface area contributed by atoms with Crippen LogP contribution in [0.3, 0.4) is 0 Å². The quantitative estimate of drug-likeness (QED) is 0.629. The lowest BCUT2D eigenvalue weighted by molar-refractivity contribution is -0.140. The van der Waals surface area contributed by atoms with Gasteiger partial charge in [0, 0.05) is 17.4 Å². The van der Waals surface area contributed by atoms with Gasteiger partial charge in [-0.1, -0.05) is 42.5 Å². The Kier molecular flexibility index (Phi) is 3.29. The third-order valence-corrected chi connectivity index (χ3v) is 5.88. The first-order chi connectivity index (χ1) is 12.7. The predicted molar refractivity (Wildman–Crippen MR) is 98.3 cm³/mol. The van der Waals surface area contributed by atoms with Gasteiger partial charge in [0.1, 0.15) is 5.75 Å². The number of cyclic esters (lactones) is 1. The van der Waals surface area contributed by atoms with E-state index >= 15 is 0 Å². The molecule has 4 atom stereocenters. The molecule has 0 unspecified atom stereocenters. The Morgan fingerprint density at radius 2 is 1.85 bits per heavy atom. The minimum Gasteiger partial charge on any atom is -0.497 e. The van der Waals surface area contributed by atoms with Crippen LogP contribution in [-0.2, 0) is 9.53 Å². The van der Waals surface area contributed by atoms with Crippen molar-refractivity contribution in [1.82, 2.24) is 0 Å². The zero-order valence-electron chi connectivity index (χ0n) is 14.5. The molecule has 0 radical (unpaired) electrons. The zero-order chi connectivity index (χ0) is 17.7. The van der Waals surface area contributed by atoms with Crippen LogP contribution in [0.2, 0.25) is 0 Å². The number of benzene rings is 2. The van der Waals surface area contributed by atoms with Crippen molar-refractivity contribution in [3.8, 4) is 5.75 Å². The van der Waals surface area contributed by atoms with Crippen LogP contribution in [-0.4, -0.2) is 24.5 Å². The van der Waals surface area contributed by atoms with E-state index in [-0.39, 0.29) is 17.8 Å². The average molecular weight is 345 g/mol. The molecule has 0 N–H and O–H groups in total. The molecule has 0 saturated heterocycles. The summed E-state index contributed by atoms with van der Waals surface area (Å²) in [4.78, 5) is 18.0. The minimum atomic E-state index is -0.848. The molecule has 1 heterocycles. The van der Waals surface area contributed by atoms with Gasteiger partial charge in [0.2, 0.25) is 5.90 Å². The number of carbonyl (C=O) groups excluding carboxylic acids is 1. The fourth-order valence-corrected chi connectivity index (χ4v) is 4.71. The summed E-state index contributed by atoms with van der Waals surface area (Å²) in [6.45, 7) is 0. The molecule has 2 aromatic rings. The lowest BCUT2D eigenvalue weighted by Gasteiger charge is -2.32. The predicted octanol–water partition coefficient (Wildman–Crippen LogP) is 3.73. The van der Waals surface area contributed by atoms with Gasteiger partial charge >= 0.3 is 5.97 Å².